The van der Waals surface area contributed by atoms with Crippen LogP contribution in [0, 0.1) is 5.41 Å². The first-order valence-corrected chi connectivity index (χ1v) is 6.82. The lowest BCUT2D eigenvalue weighted by molar-refractivity contribution is -0.0945. The number of ether oxygens (including phenoxy) is 1. The van der Waals surface area contributed by atoms with Gasteiger partial charge in [0.15, 0.2) is 5.96 Å². The lowest BCUT2D eigenvalue weighted by Crippen LogP contribution is -2.45. The molecule has 2 fully saturated rings. The van der Waals surface area contributed by atoms with Crippen molar-refractivity contribution in [2.45, 2.75) is 51.5 Å². The number of rotatable bonds is 3. The smallest absolute Gasteiger partial charge is 0.188 e. The van der Waals surface area contributed by atoms with Gasteiger partial charge in [-0.2, -0.15) is 0 Å². The second-order valence-electron chi connectivity index (χ2n) is 5.84. The lowest BCUT2D eigenvalue weighted by Gasteiger charge is -2.36. The molecule has 1 aliphatic carbocycles. The van der Waals surface area contributed by atoms with Crippen LogP contribution in [0.2, 0.25) is 0 Å². The Hall–Kier alpha value is -0.770. The zero-order valence-corrected chi connectivity index (χ0v) is 10.9. The summed E-state index contributed by atoms with van der Waals surface area (Å²) in [4.78, 5) is 4.45. The fourth-order valence-electron chi connectivity index (χ4n) is 2.50. The Kier molecular flexibility index (Phi) is 4.26. The van der Waals surface area contributed by atoms with Crippen molar-refractivity contribution in [3.63, 3.8) is 0 Å². The molecule has 1 saturated carbocycles. The van der Waals surface area contributed by atoms with Crippen LogP contribution in [0.3, 0.4) is 0 Å². The van der Waals surface area contributed by atoms with Crippen molar-refractivity contribution in [3.8, 4) is 0 Å². The molecule has 2 rings (SSSR count). The maximum absolute atomic E-state index is 5.94. The Morgan fingerprint density at radius 3 is 2.47 bits per heavy atom. The van der Waals surface area contributed by atoms with Crippen molar-refractivity contribution in [3.05, 3.63) is 0 Å². The van der Waals surface area contributed by atoms with E-state index in [1.165, 1.54) is 38.5 Å². The third-order valence-corrected chi connectivity index (χ3v) is 3.74. The molecule has 1 heterocycles. The highest BCUT2D eigenvalue weighted by Gasteiger charge is 2.33. The molecule has 98 valence electrons. The number of hydrogen-bond donors (Lipinski definition) is 2. The largest absolute Gasteiger partial charge is 0.380 e. The van der Waals surface area contributed by atoms with Gasteiger partial charge in [-0.25, -0.2) is 0 Å². The average Bonchev–Trinajstić information content (AvgIpc) is 2.52. The van der Waals surface area contributed by atoms with Gasteiger partial charge in [0.2, 0.25) is 0 Å². The fourth-order valence-corrected chi connectivity index (χ4v) is 2.50. The van der Waals surface area contributed by atoms with E-state index in [0.717, 1.165) is 19.8 Å². The molecule has 0 aromatic carbocycles. The van der Waals surface area contributed by atoms with Gasteiger partial charge in [0.1, 0.15) is 0 Å². The molecule has 0 spiro atoms. The standard InChI is InChI=1S/C13H25N3O/c1-13(9-17-10-13)8-15-12(14)16-11-6-4-2-3-5-7-11/h11H,2-10H2,1H3,(H3,14,15,16). The Morgan fingerprint density at radius 2 is 1.94 bits per heavy atom. The Balaban J connectivity index is 1.74. The minimum Gasteiger partial charge on any atom is -0.380 e. The van der Waals surface area contributed by atoms with Crippen molar-refractivity contribution >= 4 is 5.96 Å². The first-order chi connectivity index (χ1) is 8.18. The third kappa shape index (κ3) is 3.87. The average molecular weight is 239 g/mol. The van der Waals surface area contributed by atoms with Gasteiger partial charge in [-0.1, -0.05) is 32.6 Å². The van der Waals surface area contributed by atoms with Gasteiger partial charge in [0, 0.05) is 11.5 Å². The molecular formula is C13H25N3O. The minimum atomic E-state index is 0.218. The van der Waals surface area contributed by atoms with E-state index in [-0.39, 0.29) is 5.41 Å². The quantitative estimate of drug-likeness (QED) is 0.447. The summed E-state index contributed by atoms with van der Waals surface area (Å²) in [5.41, 5.74) is 6.16. The second kappa shape index (κ2) is 5.71. The summed E-state index contributed by atoms with van der Waals surface area (Å²) < 4.78 is 5.21. The highest BCUT2D eigenvalue weighted by Crippen LogP contribution is 2.26. The van der Waals surface area contributed by atoms with Crippen LogP contribution in [-0.2, 0) is 4.74 Å². The Bertz CT molecular complexity index is 266. The van der Waals surface area contributed by atoms with Gasteiger partial charge in [0.25, 0.3) is 0 Å². The molecule has 0 unspecified atom stereocenters. The fraction of sp³-hybridized carbons (Fsp3) is 0.923. The number of nitrogens with two attached hydrogens (primary N) is 1. The summed E-state index contributed by atoms with van der Waals surface area (Å²) in [7, 11) is 0. The van der Waals surface area contributed by atoms with Gasteiger partial charge < -0.3 is 15.8 Å². The second-order valence-corrected chi connectivity index (χ2v) is 5.84. The Labute approximate surface area is 104 Å². The topological polar surface area (TPSA) is 59.6 Å². The van der Waals surface area contributed by atoms with Crippen LogP contribution >= 0.6 is 0 Å². The molecule has 4 heteroatoms. The van der Waals surface area contributed by atoms with Gasteiger partial charge in [0.05, 0.1) is 19.8 Å². The summed E-state index contributed by atoms with van der Waals surface area (Å²) in [5.74, 6) is 0.616. The van der Waals surface area contributed by atoms with Crippen molar-refractivity contribution in [1.29, 1.82) is 0 Å². The molecule has 0 radical (unpaired) electrons. The minimum absolute atomic E-state index is 0.218. The SMILES string of the molecule is CC1(CN=C(N)NC2CCCCCC2)COC1. The van der Waals surface area contributed by atoms with Crippen molar-refractivity contribution < 1.29 is 4.74 Å². The zero-order valence-electron chi connectivity index (χ0n) is 10.9. The van der Waals surface area contributed by atoms with E-state index < -0.39 is 0 Å². The third-order valence-electron chi connectivity index (χ3n) is 3.74. The molecule has 1 aliphatic heterocycles. The molecule has 1 saturated heterocycles. The predicted octanol–water partition coefficient (Wildman–Crippen LogP) is 1.65. The van der Waals surface area contributed by atoms with E-state index in [1.54, 1.807) is 0 Å². The van der Waals surface area contributed by atoms with Crippen LogP contribution in [0.25, 0.3) is 0 Å². The number of nitrogens with one attached hydrogen (secondary N) is 1. The maximum Gasteiger partial charge on any atom is 0.188 e. The molecule has 4 nitrogen and oxygen atoms in total. The van der Waals surface area contributed by atoms with Gasteiger partial charge in [-0.3, -0.25) is 4.99 Å². The van der Waals surface area contributed by atoms with Gasteiger partial charge in [-0.15, -0.1) is 0 Å². The van der Waals surface area contributed by atoms with Crippen LogP contribution < -0.4 is 11.1 Å². The van der Waals surface area contributed by atoms with Crippen LogP contribution in [0.1, 0.15) is 45.4 Å². The van der Waals surface area contributed by atoms with Gasteiger partial charge in [-0.05, 0) is 12.8 Å². The van der Waals surface area contributed by atoms with Crippen molar-refractivity contribution in [2.24, 2.45) is 16.1 Å². The van der Waals surface area contributed by atoms with E-state index in [0.29, 0.717) is 12.0 Å². The number of aliphatic imine (C=N–C) groups is 1. The number of guanidine groups is 1. The lowest BCUT2D eigenvalue weighted by atomic mass is 9.89. The first-order valence-electron chi connectivity index (χ1n) is 6.82. The van der Waals surface area contributed by atoms with Crippen LogP contribution in [-0.4, -0.2) is 31.8 Å². The van der Waals surface area contributed by atoms with Crippen molar-refractivity contribution in [1.82, 2.24) is 5.32 Å². The summed E-state index contributed by atoms with van der Waals surface area (Å²) >= 11 is 0. The molecule has 3 N–H and O–H groups in total. The van der Waals surface area contributed by atoms with E-state index >= 15 is 0 Å². The molecule has 0 aromatic rings. The molecular weight excluding hydrogens is 214 g/mol. The molecule has 0 atom stereocenters. The van der Waals surface area contributed by atoms with E-state index in [4.69, 9.17) is 10.5 Å². The highest BCUT2D eigenvalue weighted by molar-refractivity contribution is 5.78. The summed E-state index contributed by atoms with van der Waals surface area (Å²) in [6.45, 7) is 4.60. The van der Waals surface area contributed by atoms with Gasteiger partial charge >= 0.3 is 0 Å². The number of hydrogen-bond acceptors (Lipinski definition) is 2. The zero-order chi connectivity index (χ0) is 12.1. The van der Waals surface area contributed by atoms with Crippen LogP contribution in [0.5, 0.6) is 0 Å². The van der Waals surface area contributed by atoms with Crippen molar-refractivity contribution in [2.75, 3.05) is 19.8 Å². The van der Waals surface area contributed by atoms with E-state index in [9.17, 15) is 0 Å². The monoisotopic (exact) mass is 239 g/mol. The normalized spacial score (nSPS) is 26.1. The molecule has 17 heavy (non-hydrogen) atoms. The van der Waals surface area contributed by atoms with E-state index in [2.05, 4.69) is 17.2 Å². The highest BCUT2D eigenvalue weighted by atomic mass is 16.5. The number of nitrogens with zero attached hydrogens (tertiary/aromatic N) is 1. The predicted molar refractivity (Wildman–Crippen MR) is 70.0 cm³/mol. The molecule has 2 aliphatic rings. The Morgan fingerprint density at radius 1 is 1.29 bits per heavy atom. The van der Waals surface area contributed by atoms with Crippen LogP contribution in [0.15, 0.2) is 4.99 Å². The summed E-state index contributed by atoms with van der Waals surface area (Å²) in [6, 6.07) is 0.534. The molecule has 0 aromatic heterocycles. The first kappa shape index (κ1) is 12.7. The summed E-state index contributed by atoms with van der Waals surface area (Å²) in [5, 5.41) is 3.37. The van der Waals surface area contributed by atoms with Crippen LogP contribution in [0.4, 0.5) is 0 Å². The maximum atomic E-state index is 5.94. The molecule has 0 bridgehead atoms. The molecule has 0 amide bonds. The summed E-state index contributed by atoms with van der Waals surface area (Å²) in [6.07, 6.45) is 7.83. The van der Waals surface area contributed by atoms with E-state index in [1.807, 2.05) is 0 Å².